The van der Waals surface area contributed by atoms with Crippen molar-refractivity contribution in [3.8, 4) is 5.75 Å². The second-order valence-corrected chi connectivity index (χ2v) is 15.2. The molecular formula is C36H42ClN3O4S. The van der Waals surface area contributed by atoms with E-state index in [9.17, 15) is 9.90 Å². The maximum atomic E-state index is 12.1. The number of hydrogen-bond acceptors (Lipinski definition) is 7. The number of ether oxygens (including phenoxy) is 2. The zero-order valence-corrected chi connectivity index (χ0v) is 27.4. The van der Waals surface area contributed by atoms with Crippen LogP contribution in [0.3, 0.4) is 0 Å². The summed E-state index contributed by atoms with van der Waals surface area (Å²) in [4.78, 5) is 23.4. The number of hydrogen-bond donors (Lipinski definition) is 1. The molecule has 9 heteroatoms. The number of halogens is 1. The van der Waals surface area contributed by atoms with Gasteiger partial charge in [0.25, 0.3) is 0 Å². The lowest BCUT2D eigenvalue weighted by Gasteiger charge is -2.48. The molecule has 0 amide bonds. The van der Waals surface area contributed by atoms with Crippen LogP contribution in [0.15, 0.2) is 60.0 Å². The highest BCUT2D eigenvalue weighted by atomic mass is 35.5. The number of carboxylic acid groups (broad SMARTS) is 1. The van der Waals surface area contributed by atoms with E-state index in [4.69, 9.17) is 21.1 Å². The fourth-order valence-electron chi connectivity index (χ4n) is 8.58. The van der Waals surface area contributed by atoms with Gasteiger partial charge in [0.15, 0.2) is 5.16 Å². The first-order valence-electron chi connectivity index (χ1n) is 16.4. The molecule has 1 aliphatic heterocycles. The van der Waals surface area contributed by atoms with Gasteiger partial charge in [0.1, 0.15) is 5.75 Å². The topological polar surface area (TPSA) is 84.8 Å². The molecule has 2 aromatic carbocycles. The summed E-state index contributed by atoms with van der Waals surface area (Å²) in [5, 5.41) is 12.0. The van der Waals surface area contributed by atoms with Crippen molar-refractivity contribution < 1.29 is 19.4 Å². The summed E-state index contributed by atoms with van der Waals surface area (Å²) in [6.07, 6.45) is 14.0. The molecule has 6 atom stereocenters. The van der Waals surface area contributed by atoms with E-state index in [1.807, 2.05) is 55.5 Å². The van der Waals surface area contributed by atoms with Crippen molar-refractivity contribution in [3.05, 3.63) is 76.6 Å². The molecule has 1 spiro atoms. The summed E-state index contributed by atoms with van der Waals surface area (Å²) in [6, 6.07) is 13.5. The molecule has 2 heterocycles. The van der Waals surface area contributed by atoms with Crippen molar-refractivity contribution in [3.63, 3.8) is 0 Å². The van der Waals surface area contributed by atoms with Gasteiger partial charge in [-0.25, -0.2) is 14.8 Å². The second-order valence-electron chi connectivity index (χ2n) is 13.5. The Morgan fingerprint density at radius 3 is 2.80 bits per heavy atom. The van der Waals surface area contributed by atoms with Crippen LogP contribution >= 0.6 is 23.4 Å². The Hall–Kier alpha value is -2.81. The molecule has 0 saturated heterocycles. The van der Waals surface area contributed by atoms with Crippen molar-refractivity contribution in [2.24, 2.45) is 17.8 Å². The van der Waals surface area contributed by atoms with Gasteiger partial charge in [-0.1, -0.05) is 35.9 Å². The first kappa shape index (κ1) is 30.8. The van der Waals surface area contributed by atoms with Gasteiger partial charge in [0.05, 0.1) is 24.0 Å². The fourth-order valence-corrected chi connectivity index (χ4v) is 9.95. The molecule has 45 heavy (non-hydrogen) atoms. The molecule has 1 aromatic heterocycles. The summed E-state index contributed by atoms with van der Waals surface area (Å²) < 4.78 is 12.9. The molecule has 3 aromatic rings. The van der Waals surface area contributed by atoms with E-state index in [-0.39, 0.29) is 11.5 Å². The summed E-state index contributed by atoms with van der Waals surface area (Å²) in [7, 11) is 1.89. The Bertz CT molecular complexity index is 1530. The molecular weight excluding hydrogens is 606 g/mol. The van der Waals surface area contributed by atoms with E-state index in [0.717, 1.165) is 73.2 Å². The zero-order chi connectivity index (χ0) is 31.0. The molecule has 0 bridgehead atoms. The van der Waals surface area contributed by atoms with Crippen molar-refractivity contribution in [1.29, 1.82) is 0 Å². The van der Waals surface area contributed by atoms with E-state index < -0.39 is 5.97 Å². The number of benzene rings is 2. The van der Waals surface area contributed by atoms with Gasteiger partial charge in [-0.3, -0.25) is 0 Å². The average Bonchev–Trinajstić information content (AvgIpc) is 3.19. The van der Waals surface area contributed by atoms with Crippen LogP contribution in [0, 0.1) is 17.8 Å². The highest BCUT2D eigenvalue weighted by Crippen LogP contribution is 2.49. The SMILES string of the molecule is COC([C@H]1CCC[C@H](Sc2ncccn2)C1)[C@@H]1CC[C@H]1CN1CC2(CCCc3cc(Cl)ccc32)COc2ccc(C(=O)O)cc21. The molecule has 1 N–H and O–H groups in total. The predicted molar refractivity (Wildman–Crippen MR) is 178 cm³/mol. The van der Waals surface area contributed by atoms with E-state index in [2.05, 4.69) is 27.0 Å². The van der Waals surface area contributed by atoms with Crippen LogP contribution in [0.1, 0.15) is 72.9 Å². The third kappa shape index (κ3) is 6.30. The first-order chi connectivity index (χ1) is 21.9. The molecule has 7 rings (SSSR count). The molecule has 4 aliphatic rings. The highest BCUT2D eigenvalue weighted by Gasteiger charge is 2.46. The molecule has 2 saturated carbocycles. The Labute approximate surface area is 275 Å². The number of thioether (sulfide) groups is 1. The fraction of sp³-hybridized carbons (Fsp3) is 0.528. The van der Waals surface area contributed by atoms with Crippen molar-refractivity contribution in [2.45, 2.75) is 79.7 Å². The number of methoxy groups -OCH3 is 1. The zero-order valence-electron chi connectivity index (χ0n) is 25.9. The quantitative estimate of drug-likeness (QED) is 0.249. The van der Waals surface area contributed by atoms with Gasteiger partial charge in [-0.05, 0) is 117 Å². The lowest BCUT2D eigenvalue weighted by molar-refractivity contribution is -0.0587. The minimum absolute atomic E-state index is 0.187. The van der Waals surface area contributed by atoms with Crippen LogP contribution in [0.2, 0.25) is 5.02 Å². The van der Waals surface area contributed by atoms with E-state index in [1.54, 1.807) is 6.07 Å². The summed E-state index contributed by atoms with van der Waals surface area (Å²) in [5.74, 6) is 1.30. The number of carbonyl (C=O) groups is 1. The van der Waals surface area contributed by atoms with Crippen LogP contribution in [0.5, 0.6) is 5.75 Å². The number of rotatable bonds is 8. The van der Waals surface area contributed by atoms with Crippen LogP contribution in [0.4, 0.5) is 5.69 Å². The van der Waals surface area contributed by atoms with E-state index >= 15 is 0 Å². The van der Waals surface area contributed by atoms with Crippen LogP contribution in [0.25, 0.3) is 0 Å². The lowest BCUT2D eigenvalue weighted by atomic mass is 9.65. The van der Waals surface area contributed by atoms with Gasteiger partial charge in [0.2, 0.25) is 0 Å². The standard InChI is InChI=1S/C36H42ClN3O4S/c1-43-33(24-5-2-7-28(18-24)45-35-38-15-4-16-39-35)29-11-8-26(29)20-40-21-36(14-3-6-23-17-27(37)10-12-30(23)36)22-44-32-13-9-25(34(41)42)19-31(32)40/h4,9-10,12-13,15-17,19,24,26,28-29,33H,2-3,5-8,11,14,18,20-22H2,1H3,(H,41,42)/t24-,26-,28-,29+,33?,36?/m0/s1. The van der Waals surface area contributed by atoms with Gasteiger partial charge in [-0.2, -0.15) is 0 Å². The Balaban J connectivity index is 1.14. The molecule has 3 aliphatic carbocycles. The number of aromatic carboxylic acids is 1. The van der Waals surface area contributed by atoms with Crippen LogP contribution < -0.4 is 9.64 Å². The second kappa shape index (κ2) is 13.1. The van der Waals surface area contributed by atoms with Gasteiger partial charge >= 0.3 is 5.97 Å². The number of aromatic nitrogens is 2. The monoisotopic (exact) mass is 647 g/mol. The predicted octanol–water partition coefficient (Wildman–Crippen LogP) is 7.69. The van der Waals surface area contributed by atoms with Gasteiger partial charge in [-0.15, -0.1) is 0 Å². The molecule has 2 fully saturated rings. The molecule has 0 radical (unpaired) electrons. The summed E-state index contributed by atoms with van der Waals surface area (Å²) in [5.41, 5.74) is 3.63. The maximum absolute atomic E-state index is 12.1. The summed E-state index contributed by atoms with van der Waals surface area (Å²) >= 11 is 8.25. The number of aryl methyl sites for hydroxylation is 1. The van der Waals surface area contributed by atoms with Crippen molar-refractivity contribution in [2.75, 3.05) is 31.7 Å². The third-order valence-corrected chi connectivity index (χ3v) is 12.3. The van der Waals surface area contributed by atoms with Crippen molar-refractivity contribution >= 4 is 35.0 Å². The number of carboxylic acids is 1. The van der Waals surface area contributed by atoms with Gasteiger partial charge < -0.3 is 19.5 Å². The average molecular weight is 648 g/mol. The minimum atomic E-state index is -0.916. The summed E-state index contributed by atoms with van der Waals surface area (Å²) in [6.45, 7) is 2.22. The van der Waals surface area contributed by atoms with Crippen LogP contribution in [-0.4, -0.2) is 59.2 Å². The minimum Gasteiger partial charge on any atom is -0.490 e. The van der Waals surface area contributed by atoms with Crippen LogP contribution in [-0.2, 0) is 16.6 Å². The Morgan fingerprint density at radius 1 is 1.16 bits per heavy atom. The first-order valence-corrected chi connectivity index (χ1v) is 17.7. The smallest absolute Gasteiger partial charge is 0.335 e. The third-order valence-electron chi connectivity index (χ3n) is 10.9. The number of nitrogens with zero attached hydrogens (tertiary/aromatic N) is 3. The molecule has 2 unspecified atom stereocenters. The highest BCUT2D eigenvalue weighted by molar-refractivity contribution is 7.99. The largest absolute Gasteiger partial charge is 0.490 e. The normalized spacial score (nSPS) is 28.3. The van der Waals surface area contributed by atoms with Gasteiger partial charge in [0, 0.05) is 48.3 Å². The van der Waals surface area contributed by atoms with E-state index in [0.29, 0.717) is 35.2 Å². The lowest BCUT2D eigenvalue weighted by Crippen LogP contribution is -2.51. The van der Waals surface area contributed by atoms with E-state index in [1.165, 1.54) is 30.4 Å². The van der Waals surface area contributed by atoms with Crippen molar-refractivity contribution in [1.82, 2.24) is 9.97 Å². The maximum Gasteiger partial charge on any atom is 0.335 e. The number of fused-ring (bicyclic) bond motifs is 3. The molecule has 7 nitrogen and oxygen atoms in total. The molecule has 238 valence electrons. The number of anilines is 1. The Kier molecular flexibility index (Phi) is 8.99. The Morgan fingerprint density at radius 2 is 2.02 bits per heavy atom.